The summed E-state index contributed by atoms with van der Waals surface area (Å²) in [4.78, 5) is 20.3. The van der Waals surface area contributed by atoms with E-state index in [-0.39, 0.29) is 15.9 Å². The lowest BCUT2D eigenvalue weighted by Gasteiger charge is -2.14. The molecule has 0 unspecified atom stereocenters. The second-order valence-electron chi connectivity index (χ2n) is 6.16. The van der Waals surface area contributed by atoms with Crippen molar-refractivity contribution >= 4 is 46.6 Å². The average Bonchev–Trinajstić information content (AvgIpc) is 2.70. The van der Waals surface area contributed by atoms with E-state index in [9.17, 15) is 18.0 Å². The Balaban J connectivity index is 1.85. The fourth-order valence-electron chi connectivity index (χ4n) is 2.42. The van der Waals surface area contributed by atoms with Gasteiger partial charge in [-0.2, -0.15) is 13.2 Å². The number of benzene rings is 2. The van der Waals surface area contributed by atoms with E-state index in [0.717, 1.165) is 17.8 Å². The zero-order valence-corrected chi connectivity index (χ0v) is 17.7. The van der Waals surface area contributed by atoms with Gasteiger partial charge in [-0.1, -0.05) is 65.3 Å². The lowest BCUT2D eigenvalue weighted by atomic mass is 10.1. The summed E-state index contributed by atoms with van der Waals surface area (Å²) in [5, 5.41) is 2.31. The van der Waals surface area contributed by atoms with Crippen molar-refractivity contribution in [3.05, 3.63) is 70.3 Å². The Morgan fingerprint density at radius 1 is 1.07 bits per heavy atom. The van der Waals surface area contributed by atoms with Crippen molar-refractivity contribution in [1.82, 2.24) is 9.97 Å². The van der Waals surface area contributed by atoms with Crippen LogP contribution in [0.3, 0.4) is 0 Å². The summed E-state index contributed by atoms with van der Waals surface area (Å²) in [7, 11) is 0. The first-order valence-electron chi connectivity index (χ1n) is 8.58. The number of thioether (sulfide) groups is 1. The summed E-state index contributed by atoms with van der Waals surface area (Å²) in [6.07, 6.45) is -4.65. The van der Waals surface area contributed by atoms with Crippen LogP contribution in [-0.2, 0) is 11.0 Å². The molecule has 3 rings (SSSR count). The van der Waals surface area contributed by atoms with Crippen LogP contribution in [0.4, 0.5) is 18.9 Å². The van der Waals surface area contributed by atoms with E-state index < -0.39 is 23.0 Å². The predicted octanol–water partition coefficient (Wildman–Crippen LogP) is 6.59. The van der Waals surface area contributed by atoms with Crippen LogP contribution < -0.4 is 5.32 Å². The molecule has 0 bridgehead atoms. The van der Waals surface area contributed by atoms with Gasteiger partial charge in [0, 0.05) is 10.6 Å². The lowest BCUT2D eigenvalue weighted by Crippen LogP contribution is -2.23. The Labute approximate surface area is 184 Å². The molecule has 0 aliphatic carbocycles. The molecule has 10 heteroatoms. The van der Waals surface area contributed by atoms with Gasteiger partial charge in [0.05, 0.1) is 21.7 Å². The fraction of sp³-hybridized carbons (Fsp3) is 0.150. The monoisotopic (exact) mass is 471 g/mol. The third-order valence-corrected chi connectivity index (χ3v) is 5.43. The van der Waals surface area contributed by atoms with E-state index in [0.29, 0.717) is 16.3 Å². The van der Waals surface area contributed by atoms with E-state index in [2.05, 4.69) is 15.3 Å². The normalized spacial score (nSPS) is 12.5. The van der Waals surface area contributed by atoms with Gasteiger partial charge in [-0.15, -0.1) is 0 Å². The van der Waals surface area contributed by atoms with Crippen molar-refractivity contribution in [3.63, 3.8) is 0 Å². The van der Waals surface area contributed by atoms with Crippen LogP contribution in [0, 0.1) is 0 Å². The zero-order chi connectivity index (χ0) is 21.9. The summed E-state index contributed by atoms with van der Waals surface area (Å²) in [6, 6.07) is 13.9. The van der Waals surface area contributed by atoms with Gasteiger partial charge in [0.2, 0.25) is 5.91 Å². The van der Waals surface area contributed by atoms with Crippen molar-refractivity contribution in [2.45, 2.75) is 23.5 Å². The van der Waals surface area contributed by atoms with Crippen LogP contribution in [-0.4, -0.2) is 21.1 Å². The smallest absolute Gasteiger partial charge is 0.324 e. The number of aromatic nitrogens is 2. The molecule has 3 aromatic rings. The van der Waals surface area contributed by atoms with Crippen LogP contribution in [0.5, 0.6) is 0 Å². The summed E-state index contributed by atoms with van der Waals surface area (Å²) in [6.45, 7) is 1.53. The number of hydrogen-bond acceptors (Lipinski definition) is 4. The SMILES string of the molecule is C[C@@H](Sc1nc(-c2ccccc2)cc(C(F)(F)F)n1)C(=O)Nc1cc(Cl)ccc1Cl. The Kier molecular flexibility index (Phi) is 6.90. The molecule has 0 fully saturated rings. The van der Waals surface area contributed by atoms with Crippen molar-refractivity contribution < 1.29 is 18.0 Å². The van der Waals surface area contributed by atoms with Crippen molar-refractivity contribution in [1.29, 1.82) is 0 Å². The minimum atomic E-state index is -4.65. The number of nitrogens with one attached hydrogen (secondary N) is 1. The minimum Gasteiger partial charge on any atom is -0.324 e. The maximum absolute atomic E-state index is 13.3. The number of carbonyl (C=O) groups excluding carboxylic acids is 1. The second kappa shape index (κ2) is 9.24. The third-order valence-electron chi connectivity index (χ3n) is 3.90. The Morgan fingerprint density at radius 3 is 2.43 bits per heavy atom. The molecule has 0 saturated heterocycles. The number of amides is 1. The Hall–Kier alpha value is -2.29. The number of alkyl halides is 3. The minimum absolute atomic E-state index is 0.117. The maximum Gasteiger partial charge on any atom is 0.433 e. The van der Waals surface area contributed by atoms with Gasteiger partial charge in [-0.05, 0) is 31.2 Å². The molecule has 0 aliphatic heterocycles. The fourth-order valence-corrected chi connectivity index (χ4v) is 3.54. The molecule has 1 aromatic heterocycles. The summed E-state index contributed by atoms with van der Waals surface area (Å²) >= 11 is 12.7. The van der Waals surface area contributed by atoms with Crippen LogP contribution in [0.25, 0.3) is 11.3 Å². The summed E-state index contributed by atoms with van der Waals surface area (Å²) in [5.41, 5.74) is -0.151. The van der Waals surface area contributed by atoms with Gasteiger partial charge < -0.3 is 5.32 Å². The third kappa shape index (κ3) is 5.65. The largest absolute Gasteiger partial charge is 0.433 e. The lowest BCUT2D eigenvalue weighted by molar-refractivity contribution is -0.141. The van der Waals surface area contributed by atoms with Gasteiger partial charge in [0.25, 0.3) is 0 Å². The van der Waals surface area contributed by atoms with Crippen LogP contribution in [0.15, 0.2) is 59.8 Å². The van der Waals surface area contributed by atoms with Crippen LogP contribution >= 0.6 is 35.0 Å². The molecule has 30 heavy (non-hydrogen) atoms. The molecule has 1 amide bonds. The van der Waals surface area contributed by atoms with E-state index >= 15 is 0 Å². The highest BCUT2D eigenvalue weighted by Crippen LogP contribution is 2.33. The number of carbonyl (C=O) groups is 1. The molecular weight excluding hydrogens is 458 g/mol. The van der Waals surface area contributed by atoms with E-state index in [1.54, 1.807) is 36.4 Å². The molecule has 0 saturated carbocycles. The predicted molar refractivity (Wildman–Crippen MR) is 113 cm³/mol. The topological polar surface area (TPSA) is 54.9 Å². The summed E-state index contributed by atoms with van der Waals surface area (Å²) in [5.74, 6) is -0.480. The first-order valence-corrected chi connectivity index (χ1v) is 10.2. The number of nitrogens with zero attached hydrogens (tertiary/aromatic N) is 2. The second-order valence-corrected chi connectivity index (χ2v) is 8.31. The first kappa shape index (κ1) is 22.4. The van der Waals surface area contributed by atoms with E-state index in [1.807, 2.05) is 0 Å². The van der Waals surface area contributed by atoms with Crippen molar-refractivity contribution in [3.8, 4) is 11.3 Å². The molecular formula is C20H14Cl2F3N3OS. The van der Waals surface area contributed by atoms with Crippen LogP contribution in [0.2, 0.25) is 10.0 Å². The molecule has 156 valence electrons. The number of rotatable bonds is 5. The molecule has 4 nitrogen and oxygen atoms in total. The Bertz CT molecular complexity index is 1060. The zero-order valence-electron chi connectivity index (χ0n) is 15.4. The average molecular weight is 472 g/mol. The molecule has 1 N–H and O–H groups in total. The molecule has 0 aliphatic rings. The quantitative estimate of drug-likeness (QED) is 0.336. The first-order chi connectivity index (χ1) is 14.1. The molecule has 1 atom stereocenters. The number of anilines is 1. The van der Waals surface area contributed by atoms with Gasteiger partial charge in [-0.3, -0.25) is 4.79 Å². The van der Waals surface area contributed by atoms with Crippen LogP contribution in [0.1, 0.15) is 12.6 Å². The van der Waals surface area contributed by atoms with Gasteiger partial charge in [-0.25, -0.2) is 9.97 Å². The molecule has 0 radical (unpaired) electrons. The molecule has 2 aromatic carbocycles. The standard InChI is InChI=1S/C20H14Cl2F3N3OS/c1-11(18(29)26-16-9-13(21)7-8-14(16)22)30-19-27-15(12-5-3-2-4-6-12)10-17(28-19)20(23,24)25/h2-11H,1H3,(H,26,29)/t11-/m1/s1. The maximum atomic E-state index is 13.3. The Morgan fingerprint density at radius 2 is 1.77 bits per heavy atom. The highest BCUT2D eigenvalue weighted by molar-refractivity contribution is 8.00. The highest BCUT2D eigenvalue weighted by Gasteiger charge is 2.34. The van der Waals surface area contributed by atoms with E-state index in [1.165, 1.54) is 19.1 Å². The molecule has 0 spiro atoms. The summed E-state index contributed by atoms with van der Waals surface area (Å²) < 4.78 is 40.0. The van der Waals surface area contributed by atoms with E-state index in [4.69, 9.17) is 23.2 Å². The van der Waals surface area contributed by atoms with Gasteiger partial charge in [0.15, 0.2) is 5.16 Å². The van der Waals surface area contributed by atoms with Crippen molar-refractivity contribution in [2.24, 2.45) is 0 Å². The van der Waals surface area contributed by atoms with Gasteiger partial charge >= 0.3 is 6.18 Å². The number of hydrogen-bond donors (Lipinski definition) is 1. The highest BCUT2D eigenvalue weighted by atomic mass is 35.5. The molecule has 1 heterocycles. The number of halogens is 5. The van der Waals surface area contributed by atoms with Gasteiger partial charge in [0.1, 0.15) is 5.69 Å². The van der Waals surface area contributed by atoms with Crippen molar-refractivity contribution in [2.75, 3.05) is 5.32 Å².